The van der Waals surface area contributed by atoms with Gasteiger partial charge in [0.05, 0.1) is 0 Å². The predicted molar refractivity (Wildman–Crippen MR) is 81.6 cm³/mol. The third-order valence-electron chi connectivity index (χ3n) is 3.63. The molecule has 0 aliphatic heterocycles. The van der Waals surface area contributed by atoms with Crippen molar-refractivity contribution in [3.8, 4) is 0 Å². The van der Waals surface area contributed by atoms with Crippen LogP contribution in [0.15, 0.2) is 18.2 Å². The number of anilines is 1. The average Bonchev–Trinajstić information content (AvgIpc) is 2.30. The largest absolute Gasteiger partial charge is 0.335 e. The molecule has 1 atom stereocenters. The van der Waals surface area contributed by atoms with Crippen molar-refractivity contribution in [1.82, 2.24) is 5.32 Å². The molecule has 0 saturated heterocycles. The van der Waals surface area contributed by atoms with Gasteiger partial charge < -0.3 is 10.6 Å². The van der Waals surface area contributed by atoms with E-state index >= 15 is 0 Å². The van der Waals surface area contributed by atoms with Gasteiger partial charge in [-0.25, -0.2) is 4.79 Å². The van der Waals surface area contributed by atoms with Gasteiger partial charge in [-0.1, -0.05) is 45.9 Å². The topological polar surface area (TPSA) is 41.1 Å². The summed E-state index contributed by atoms with van der Waals surface area (Å²) in [7, 11) is 0. The first kappa shape index (κ1) is 15.5. The summed E-state index contributed by atoms with van der Waals surface area (Å²) < 4.78 is 0. The van der Waals surface area contributed by atoms with Gasteiger partial charge in [0.15, 0.2) is 0 Å². The molecular weight excluding hydrogens is 236 g/mol. The highest BCUT2D eigenvalue weighted by atomic mass is 16.2. The Hall–Kier alpha value is -1.51. The number of para-hydroxylation sites is 1. The van der Waals surface area contributed by atoms with Crippen LogP contribution in [0.5, 0.6) is 0 Å². The zero-order valence-electron chi connectivity index (χ0n) is 12.9. The molecule has 0 aromatic heterocycles. The summed E-state index contributed by atoms with van der Waals surface area (Å²) in [6, 6.07) is 6.07. The molecule has 0 aliphatic rings. The Balaban J connectivity index is 2.78. The quantitative estimate of drug-likeness (QED) is 0.845. The Kier molecular flexibility index (Phi) is 4.98. The standard InChI is InChI=1S/C16H26N2O/c1-7-13-10-8-9-11(2)14(13)18-15(19)17-12(3)16(4,5)6/h8-10,12H,7H2,1-6H3,(H2,17,18,19). The predicted octanol–water partition coefficient (Wildman–Crippen LogP) is 4.11. The van der Waals surface area contributed by atoms with Crippen LogP contribution >= 0.6 is 0 Å². The number of benzene rings is 1. The molecule has 0 fully saturated rings. The van der Waals surface area contributed by atoms with Crippen LogP contribution in [0.25, 0.3) is 0 Å². The van der Waals surface area contributed by atoms with Crippen molar-refractivity contribution >= 4 is 11.7 Å². The lowest BCUT2D eigenvalue weighted by atomic mass is 9.88. The van der Waals surface area contributed by atoms with Crippen LogP contribution in [0.4, 0.5) is 10.5 Å². The van der Waals surface area contributed by atoms with Gasteiger partial charge in [0.1, 0.15) is 0 Å². The van der Waals surface area contributed by atoms with Crippen molar-refractivity contribution in [3.63, 3.8) is 0 Å². The SMILES string of the molecule is CCc1cccc(C)c1NC(=O)NC(C)C(C)(C)C. The van der Waals surface area contributed by atoms with E-state index in [0.29, 0.717) is 0 Å². The third-order valence-corrected chi connectivity index (χ3v) is 3.63. The van der Waals surface area contributed by atoms with Crippen LogP contribution in [-0.4, -0.2) is 12.1 Å². The first-order valence-electron chi connectivity index (χ1n) is 6.91. The first-order valence-corrected chi connectivity index (χ1v) is 6.91. The molecule has 1 aromatic rings. The van der Waals surface area contributed by atoms with Gasteiger partial charge in [0.25, 0.3) is 0 Å². The van der Waals surface area contributed by atoms with E-state index in [1.54, 1.807) is 0 Å². The second kappa shape index (κ2) is 6.09. The molecule has 1 aromatic carbocycles. The number of carbonyl (C=O) groups is 1. The third kappa shape index (κ3) is 4.27. The zero-order chi connectivity index (χ0) is 14.6. The lowest BCUT2D eigenvalue weighted by molar-refractivity contribution is 0.233. The fraction of sp³-hybridized carbons (Fsp3) is 0.562. The van der Waals surface area contributed by atoms with E-state index in [4.69, 9.17) is 0 Å². The van der Waals surface area contributed by atoms with E-state index in [1.165, 1.54) is 5.56 Å². The van der Waals surface area contributed by atoms with Crippen LogP contribution in [0, 0.1) is 12.3 Å². The molecule has 2 N–H and O–H groups in total. The number of rotatable bonds is 3. The Morgan fingerprint density at radius 2 is 1.95 bits per heavy atom. The van der Waals surface area contributed by atoms with Gasteiger partial charge in [-0.3, -0.25) is 0 Å². The van der Waals surface area contributed by atoms with E-state index in [1.807, 2.05) is 26.0 Å². The molecule has 0 aliphatic carbocycles. The smallest absolute Gasteiger partial charge is 0.319 e. The molecule has 3 nitrogen and oxygen atoms in total. The Bertz CT molecular complexity index is 447. The fourth-order valence-corrected chi connectivity index (χ4v) is 1.76. The van der Waals surface area contributed by atoms with Gasteiger partial charge in [-0.05, 0) is 36.8 Å². The maximum Gasteiger partial charge on any atom is 0.319 e. The lowest BCUT2D eigenvalue weighted by Gasteiger charge is -2.28. The molecule has 0 heterocycles. The molecule has 0 radical (unpaired) electrons. The normalized spacial score (nSPS) is 12.9. The van der Waals surface area contributed by atoms with Gasteiger partial charge in [-0.15, -0.1) is 0 Å². The van der Waals surface area contributed by atoms with Crippen molar-refractivity contribution < 1.29 is 4.79 Å². The molecular formula is C16H26N2O. The average molecular weight is 262 g/mol. The fourth-order valence-electron chi connectivity index (χ4n) is 1.76. The highest BCUT2D eigenvalue weighted by Crippen LogP contribution is 2.22. The number of urea groups is 1. The number of nitrogens with one attached hydrogen (secondary N) is 2. The minimum absolute atomic E-state index is 0.0522. The van der Waals surface area contributed by atoms with E-state index in [-0.39, 0.29) is 17.5 Å². The second-order valence-corrected chi connectivity index (χ2v) is 6.15. The molecule has 19 heavy (non-hydrogen) atoms. The molecule has 106 valence electrons. The van der Waals surface area contributed by atoms with Crippen molar-refractivity contribution in [3.05, 3.63) is 29.3 Å². The van der Waals surface area contributed by atoms with Crippen molar-refractivity contribution in [2.75, 3.05) is 5.32 Å². The number of amides is 2. The lowest BCUT2D eigenvalue weighted by Crippen LogP contribution is -2.43. The van der Waals surface area contributed by atoms with Gasteiger partial charge >= 0.3 is 6.03 Å². The van der Waals surface area contributed by atoms with E-state index in [9.17, 15) is 4.79 Å². The molecule has 1 unspecified atom stereocenters. The second-order valence-electron chi connectivity index (χ2n) is 6.15. The monoisotopic (exact) mass is 262 g/mol. The Morgan fingerprint density at radius 1 is 1.32 bits per heavy atom. The highest BCUT2D eigenvalue weighted by molar-refractivity contribution is 5.91. The van der Waals surface area contributed by atoms with Gasteiger partial charge in [0, 0.05) is 11.7 Å². The highest BCUT2D eigenvalue weighted by Gasteiger charge is 2.22. The molecule has 0 saturated carbocycles. The molecule has 0 spiro atoms. The summed E-state index contributed by atoms with van der Waals surface area (Å²) >= 11 is 0. The number of hydrogen-bond acceptors (Lipinski definition) is 1. The molecule has 1 rings (SSSR count). The minimum Gasteiger partial charge on any atom is -0.335 e. The Labute approximate surface area is 116 Å². The number of hydrogen-bond donors (Lipinski definition) is 2. The summed E-state index contributed by atoms with van der Waals surface area (Å²) in [5.41, 5.74) is 3.25. The van der Waals surface area contributed by atoms with Crippen LogP contribution < -0.4 is 10.6 Å². The van der Waals surface area contributed by atoms with Crippen LogP contribution in [-0.2, 0) is 6.42 Å². The maximum absolute atomic E-state index is 12.1. The van der Waals surface area contributed by atoms with Crippen molar-refractivity contribution in [1.29, 1.82) is 0 Å². The minimum atomic E-state index is -0.133. The first-order chi connectivity index (χ1) is 8.75. The summed E-state index contributed by atoms with van der Waals surface area (Å²) in [4.78, 5) is 12.1. The van der Waals surface area contributed by atoms with E-state index in [2.05, 4.69) is 44.4 Å². The summed E-state index contributed by atoms with van der Waals surface area (Å²) in [5, 5.41) is 5.98. The Morgan fingerprint density at radius 3 is 2.47 bits per heavy atom. The van der Waals surface area contributed by atoms with E-state index in [0.717, 1.165) is 17.7 Å². The summed E-state index contributed by atoms with van der Waals surface area (Å²) in [6.45, 7) is 12.5. The van der Waals surface area contributed by atoms with Crippen LogP contribution in [0.3, 0.4) is 0 Å². The van der Waals surface area contributed by atoms with Gasteiger partial charge in [-0.2, -0.15) is 0 Å². The maximum atomic E-state index is 12.1. The zero-order valence-corrected chi connectivity index (χ0v) is 12.9. The van der Waals surface area contributed by atoms with Gasteiger partial charge in [0.2, 0.25) is 0 Å². The molecule has 0 bridgehead atoms. The van der Waals surface area contributed by atoms with Crippen LogP contribution in [0.2, 0.25) is 0 Å². The molecule has 2 amide bonds. The van der Waals surface area contributed by atoms with E-state index < -0.39 is 0 Å². The summed E-state index contributed by atoms with van der Waals surface area (Å²) in [5.74, 6) is 0. The number of carbonyl (C=O) groups excluding carboxylic acids is 1. The van der Waals surface area contributed by atoms with Crippen molar-refractivity contribution in [2.24, 2.45) is 5.41 Å². The van der Waals surface area contributed by atoms with Crippen molar-refractivity contribution in [2.45, 2.75) is 54.0 Å². The number of aryl methyl sites for hydroxylation is 2. The summed E-state index contributed by atoms with van der Waals surface area (Å²) in [6.07, 6.45) is 0.909. The van der Waals surface area contributed by atoms with Crippen LogP contribution in [0.1, 0.15) is 45.7 Å². The molecule has 3 heteroatoms.